The number of Topliss-reactive ketones (excluding diaryl/α,β-unsaturated/α-hetero) is 1. The number of thioether (sulfide) groups is 1. The van der Waals surface area contributed by atoms with E-state index in [1.54, 1.807) is 17.7 Å². The first-order valence-corrected chi connectivity index (χ1v) is 11.5. The summed E-state index contributed by atoms with van der Waals surface area (Å²) in [7, 11) is 0. The van der Waals surface area contributed by atoms with Crippen LogP contribution in [0.25, 0.3) is 0 Å². The largest absolute Gasteiger partial charge is 0.348 e. The molecular weight excluding hydrogens is 388 g/mol. The van der Waals surface area contributed by atoms with Crippen molar-refractivity contribution in [3.8, 4) is 0 Å². The maximum absolute atomic E-state index is 12.8. The lowest BCUT2D eigenvalue weighted by molar-refractivity contribution is 0.102. The van der Waals surface area contributed by atoms with Crippen LogP contribution in [-0.2, 0) is 19.5 Å². The van der Waals surface area contributed by atoms with Gasteiger partial charge in [0.2, 0.25) is 0 Å². The standard InChI is InChI=1S/C21H28N4OS2/c1-15(2)7-10-25-16(3)12-19(17(25)4)20(26)13-28-21-23-22-14-24(21)9-8-18-6-5-11-27-18/h5-6,11-12,14-15H,7-10,13H2,1-4H3. The summed E-state index contributed by atoms with van der Waals surface area (Å²) in [5.41, 5.74) is 3.06. The summed E-state index contributed by atoms with van der Waals surface area (Å²) < 4.78 is 4.30. The van der Waals surface area contributed by atoms with Crippen molar-refractivity contribution in [3.05, 3.63) is 51.7 Å². The maximum Gasteiger partial charge on any atom is 0.191 e. The summed E-state index contributed by atoms with van der Waals surface area (Å²) in [6.07, 6.45) is 3.82. The Bertz CT molecular complexity index is 909. The molecule has 3 rings (SSSR count). The molecule has 0 N–H and O–H groups in total. The fourth-order valence-corrected chi connectivity index (χ4v) is 4.74. The molecule has 3 heterocycles. The minimum atomic E-state index is 0.154. The molecule has 0 amide bonds. The first kappa shape index (κ1) is 20.9. The molecule has 0 saturated heterocycles. The van der Waals surface area contributed by atoms with Crippen LogP contribution < -0.4 is 0 Å². The molecule has 0 saturated carbocycles. The molecule has 7 heteroatoms. The van der Waals surface area contributed by atoms with E-state index in [0.29, 0.717) is 11.7 Å². The number of carbonyl (C=O) groups excluding carboxylic acids is 1. The van der Waals surface area contributed by atoms with Crippen molar-refractivity contribution in [2.45, 2.75) is 58.8 Å². The number of thiophene rings is 1. The molecule has 0 spiro atoms. The van der Waals surface area contributed by atoms with E-state index in [2.05, 4.69) is 60.0 Å². The van der Waals surface area contributed by atoms with Crippen molar-refractivity contribution >= 4 is 28.9 Å². The van der Waals surface area contributed by atoms with Crippen molar-refractivity contribution in [2.75, 3.05) is 5.75 Å². The Kier molecular flexibility index (Phi) is 7.13. The fourth-order valence-electron chi connectivity index (χ4n) is 3.22. The minimum absolute atomic E-state index is 0.154. The van der Waals surface area contributed by atoms with Crippen LogP contribution in [0.4, 0.5) is 0 Å². The average molecular weight is 417 g/mol. The average Bonchev–Trinajstić information content (AvgIpc) is 3.38. The lowest BCUT2D eigenvalue weighted by atomic mass is 10.1. The molecule has 0 aliphatic heterocycles. The number of carbonyl (C=O) groups is 1. The summed E-state index contributed by atoms with van der Waals surface area (Å²) in [5.74, 6) is 1.18. The molecule has 0 aliphatic rings. The van der Waals surface area contributed by atoms with Gasteiger partial charge in [-0.05, 0) is 50.1 Å². The van der Waals surface area contributed by atoms with Crippen LogP contribution in [0.1, 0.15) is 46.9 Å². The molecule has 0 aromatic carbocycles. The Morgan fingerprint density at radius 3 is 2.82 bits per heavy atom. The normalized spacial score (nSPS) is 11.5. The summed E-state index contributed by atoms with van der Waals surface area (Å²) >= 11 is 3.23. The zero-order chi connectivity index (χ0) is 20.1. The van der Waals surface area contributed by atoms with Crippen molar-refractivity contribution in [1.29, 1.82) is 0 Å². The Labute approximate surface area is 175 Å². The third-order valence-corrected chi connectivity index (χ3v) is 6.81. The van der Waals surface area contributed by atoms with Gasteiger partial charge in [-0.25, -0.2) is 0 Å². The molecule has 28 heavy (non-hydrogen) atoms. The van der Waals surface area contributed by atoms with Crippen molar-refractivity contribution < 1.29 is 4.79 Å². The molecule has 0 atom stereocenters. The van der Waals surface area contributed by atoms with Gasteiger partial charge in [0, 0.05) is 34.9 Å². The predicted molar refractivity (Wildman–Crippen MR) is 116 cm³/mol. The van der Waals surface area contributed by atoms with Crippen LogP contribution >= 0.6 is 23.1 Å². The Morgan fingerprint density at radius 1 is 1.29 bits per heavy atom. The quantitative estimate of drug-likeness (QED) is 0.344. The molecule has 3 aromatic rings. The molecule has 0 radical (unpaired) electrons. The van der Waals surface area contributed by atoms with Gasteiger partial charge in [-0.3, -0.25) is 4.79 Å². The van der Waals surface area contributed by atoms with E-state index < -0.39 is 0 Å². The van der Waals surface area contributed by atoms with E-state index >= 15 is 0 Å². The highest BCUT2D eigenvalue weighted by Crippen LogP contribution is 2.22. The lowest BCUT2D eigenvalue weighted by Gasteiger charge is -2.11. The maximum atomic E-state index is 12.8. The number of aromatic nitrogens is 4. The third-order valence-electron chi connectivity index (χ3n) is 4.90. The second-order valence-electron chi connectivity index (χ2n) is 7.47. The molecule has 0 aliphatic carbocycles. The van der Waals surface area contributed by atoms with Gasteiger partial charge in [0.25, 0.3) is 0 Å². The number of hydrogen-bond acceptors (Lipinski definition) is 5. The highest BCUT2D eigenvalue weighted by molar-refractivity contribution is 7.99. The topological polar surface area (TPSA) is 52.7 Å². The number of rotatable bonds is 10. The van der Waals surface area contributed by atoms with Crippen LogP contribution in [-0.4, -0.2) is 30.9 Å². The highest BCUT2D eigenvalue weighted by Gasteiger charge is 2.17. The SMILES string of the molecule is Cc1cc(C(=O)CSc2nncn2CCc2cccs2)c(C)n1CCC(C)C. The zero-order valence-corrected chi connectivity index (χ0v) is 18.6. The summed E-state index contributed by atoms with van der Waals surface area (Å²) in [6, 6.07) is 6.23. The molecule has 0 fully saturated rings. The van der Waals surface area contributed by atoms with Crippen LogP contribution in [0.5, 0.6) is 0 Å². The lowest BCUT2D eigenvalue weighted by Crippen LogP contribution is -2.09. The summed E-state index contributed by atoms with van der Waals surface area (Å²) in [6.45, 7) is 10.4. The number of aryl methyl sites for hydroxylation is 3. The van der Waals surface area contributed by atoms with Gasteiger partial charge in [0.15, 0.2) is 10.9 Å². The van der Waals surface area contributed by atoms with Crippen molar-refractivity contribution in [2.24, 2.45) is 5.92 Å². The summed E-state index contributed by atoms with van der Waals surface area (Å²) in [5, 5.41) is 11.1. The number of hydrogen-bond donors (Lipinski definition) is 0. The fraction of sp³-hybridized carbons (Fsp3) is 0.476. The van der Waals surface area contributed by atoms with E-state index in [0.717, 1.165) is 48.0 Å². The molecular formula is C21H28N4OS2. The van der Waals surface area contributed by atoms with Crippen LogP contribution in [0, 0.1) is 19.8 Å². The molecule has 150 valence electrons. The highest BCUT2D eigenvalue weighted by atomic mass is 32.2. The molecule has 3 aromatic heterocycles. The second-order valence-corrected chi connectivity index (χ2v) is 9.44. The van der Waals surface area contributed by atoms with Crippen molar-refractivity contribution in [1.82, 2.24) is 19.3 Å². The second kappa shape index (κ2) is 9.56. The zero-order valence-electron chi connectivity index (χ0n) is 17.0. The van der Waals surface area contributed by atoms with Gasteiger partial charge in [-0.15, -0.1) is 21.5 Å². The smallest absolute Gasteiger partial charge is 0.191 e. The third kappa shape index (κ3) is 5.14. The van der Waals surface area contributed by atoms with Crippen LogP contribution in [0.15, 0.2) is 35.1 Å². The number of nitrogens with zero attached hydrogens (tertiary/aromatic N) is 4. The van der Waals surface area contributed by atoms with Crippen LogP contribution in [0.2, 0.25) is 0 Å². The minimum Gasteiger partial charge on any atom is -0.348 e. The van der Waals surface area contributed by atoms with Gasteiger partial charge < -0.3 is 9.13 Å². The Balaban J connectivity index is 1.60. The molecule has 5 nitrogen and oxygen atoms in total. The Morgan fingerprint density at radius 2 is 2.11 bits per heavy atom. The predicted octanol–water partition coefficient (Wildman–Crippen LogP) is 5.02. The Hall–Kier alpha value is -1.86. The van der Waals surface area contributed by atoms with Crippen molar-refractivity contribution in [3.63, 3.8) is 0 Å². The molecule has 0 bridgehead atoms. The van der Waals surface area contributed by atoms with Crippen LogP contribution in [0.3, 0.4) is 0 Å². The monoisotopic (exact) mass is 416 g/mol. The molecule has 0 unspecified atom stereocenters. The first-order chi connectivity index (χ1) is 13.5. The van der Waals surface area contributed by atoms with Gasteiger partial charge in [0.05, 0.1) is 5.75 Å². The summed E-state index contributed by atoms with van der Waals surface area (Å²) in [4.78, 5) is 14.2. The van der Waals surface area contributed by atoms with E-state index in [1.807, 2.05) is 10.6 Å². The van der Waals surface area contributed by atoms with Gasteiger partial charge in [-0.2, -0.15) is 0 Å². The van der Waals surface area contributed by atoms with Gasteiger partial charge in [-0.1, -0.05) is 31.7 Å². The van der Waals surface area contributed by atoms with Gasteiger partial charge in [0.1, 0.15) is 6.33 Å². The van der Waals surface area contributed by atoms with E-state index in [4.69, 9.17) is 0 Å². The van der Waals surface area contributed by atoms with Gasteiger partial charge >= 0.3 is 0 Å². The number of ketones is 1. The first-order valence-electron chi connectivity index (χ1n) is 9.68. The van der Waals surface area contributed by atoms with E-state index in [-0.39, 0.29) is 5.78 Å². The van der Waals surface area contributed by atoms with E-state index in [1.165, 1.54) is 16.6 Å². The van der Waals surface area contributed by atoms with E-state index in [9.17, 15) is 4.79 Å².